The fraction of sp³-hybridized carbons (Fsp3) is 0.333. The van der Waals surface area contributed by atoms with E-state index in [1.54, 1.807) is 12.1 Å². The van der Waals surface area contributed by atoms with Gasteiger partial charge in [-0.2, -0.15) is 4.31 Å². The molecule has 1 unspecified atom stereocenters. The summed E-state index contributed by atoms with van der Waals surface area (Å²) in [5.74, 6) is 0.100. The van der Waals surface area contributed by atoms with Crippen LogP contribution in [0.3, 0.4) is 0 Å². The lowest BCUT2D eigenvalue weighted by molar-refractivity contribution is -0.119. The molecule has 1 aliphatic rings. The molecule has 1 aliphatic heterocycles. The fourth-order valence-corrected chi connectivity index (χ4v) is 5.93. The van der Waals surface area contributed by atoms with E-state index >= 15 is 0 Å². The van der Waals surface area contributed by atoms with Crippen LogP contribution in [0, 0.1) is 0 Å². The summed E-state index contributed by atoms with van der Waals surface area (Å²) in [6, 6.07) is 17.3. The van der Waals surface area contributed by atoms with Crippen molar-refractivity contribution in [3.05, 3.63) is 66.4 Å². The van der Waals surface area contributed by atoms with Gasteiger partial charge in [0.1, 0.15) is 4.90 Å². The Balaban J connectivity index is 1.34. The van der Waals surface area contributed by atoms with Crippen LogP contribution in [0.1, 0.15) is 18.5 Å². The maximum Gasteiger partial charge on any atom is 0.244 e. The number of fused-ring (bicyclic) bond motifs is 1. The highest BCUT2D eigenvalue weighted by Crippen LogP contribution is 2.25. The third-order valence-electron chi connectivity index (χ3n) is 5.83. The Hall–Kier alpha value is -2.46. The number of thioether (sulfide) groups is 1. The van der Waals surface area contributed by atoms with Crippen LogP contribution >= 0.6 is 11.8 Å². The minimum Gasteiger partial charge on any atom is -0.349 e. The number of nitrogens with one attached hydrogen (secondary N) is 1. The first-order valence-electron chi connectivity index (χ1n) is 10.9. The van der Waals surface area contributed by atoms with Crippen molar-refractivity contribution >= 4 is 38.5 Å². The van der Waals surface area contributed by atoms with Crippen LogP contribution in [-0.2, 0) is 14.8 Å². The number of sulfonamides is 1. The van der Waals surface area contributed by atoms with Gasteiger partial charge in [-0.1, -0.05) is 54.2 Å². The number of likely N-dealkylation sites (N-methyl/N-ethyl adjacent to an activating group) is 1. The summed E-state index contributed by atoms with van der Waals surface area (Å²) in [6.07, 6.45) is 1.38. The number of carbonyl (C=O) groups is 1. The van der Waals surface area contributed by atoms with Crippen LogP contribution in [0.25, 0.3) is 10.8 Å². The second kappa shape index (κ2) is 10.2. The lowest BCUT2D eigenvalue weighted by Gasteiger charge is -2.31. The van der Waals surface area contributed by atoms with E-state index in [0.29, 0.717) is 31.2 Å². The smallest absolute Gasteiger partial charge is 0.244 e. The van der Waals surface area contributed by atoms with E-state index in [9.17, 15) is 13.2 Å². The highest BCUT2D eigenvalue weighted by molar-refractivity contribution is 7.99. The summed E-state index contributed by atoms with van der Waals surface area (Å²) in [5.41, 5.74) is 1.07. The third kappa shape index (κ3) is 5.55. The molecule has 0 radical (unpaired) electrons. The molecule has 9 heteroatoms. The number of amides is 1. The molecule has 2 aromatic carbocycles. The van der Waals surface area contributed by atoms with Crippen molar-refractivity contribution in [3.8, 4) is 0 Å². The van der Waals surface area contributed by atoms with Gasteiger partial charge in [-0.3, -0.25) is 4.79 Å². The van der Waals surface area contributed by atoms with E-state index in [0.717, 1.165) is 16.3 Å². The van der Waals surface area contributed by atoms with Gasteiger partial charge in [0, 0.05) is 32.4 Å². The highest BCUT2D eigenvalue weighted by Gasteiger charge is 2.27. The minimum atomic E-state index is -3.54. The number of rotatable bonds is 7. The van der Waals surface area contributed by atoms with Gasteiger partial charge in [0.2, 0.25) is 15.9 Å². The van der Waals surface area contributed by atoms with Gasteiger partial charge in [-0.05, 0) is 42.4 Å². The average Bonchev–Trinajstić information content (AvgIpc) is 2.83. The predicted octanol–water partition coefficient (Wildman–Crippen LogP) is 3.14. The maximum absolute atomic E-state index is 12.8. The van der Waals surface area contributed by atoms with E-state index in [4.69, 9.17) is 0 Å². The van der Waals surface area contributed by atoms with Crippen LogP contribution in [0.2, 0.25) is 0 Å². The van der Waals surface area contributed by atoms with Crippen molar-refractivity contribution in [2.24, 2.45) is 0 Å². The number of nitrogens with zero attached hydrogens (tertiary/aromatic N) is 3. The molecule has 1 saturated heterocycles. The number of piperazine rings is 1. The van der Waals surface area contributed by atoms with Crippen LogP contribution in [-0.4, -0.2) is 67.5 Å². The first kappa shape index (κ1) is 23.7. The topological polar surface area (TPSA) is 82.6 Å². The van der Waals surface area contributed by atoms with E-state index in [-0.39, 0.29) is 22.6 Å². The molecule has 1 amide bonds. The summed E-state index contributed by atoms with van der Waals surface area (Å²) in [5, 5.41) is 5.92. The van der Waals surface area contributed by atoms with Gasteiger partial charge in [-0.25, -0.2) is 13.4 Å². The molecule has 1 N–H and O–H groups in total. The van der Waals surface area contributed by atoms with Crippen molar-refractivity contribution in [2.45, 2.75) is 22.9 Å². The van der Waals surface area contributed by atoms with Crippen LogP contribution in [0.4, 0.5) is 0 Å². The lowest BCUT2D eigenvalue weighted by atomic mass is 10.00. The van der Waals surface area contributed by atoms with Crippen LogP contribution < -0.4 is 5.32 Å². The molecule has 1 aromatic heterocycles. The average molecular weight is 485 g/mol. The molecule has 7 nitrogen and oxygen atoms in total. The molecule has 33 heavy (non-hydrogen) atoms. The Labute approximate surface area is 199 Å². The summed E-state index contributed by atoms with van der Waals surface area (Å²) >= 11 is 1.29. The molecule has 0 spiro atoms. The van der Waals surface area contributed by atoms with Crippen LogP contribution in [0.5, 0.6) is 0 Å². The van der Waals surface area contributed by atoms with Gasteiger partial charge in [-0.15, -0.1) is 0 Å². The van der Waals surface area contributed by atoms with E-state index in [1.807, 2.05) is 38.2 Å². The van der Waals surface area contributed by atoms with Gasteiger partial charge in [0.15, 0.2) is 0 Å². The SMILES string of the molecule is CC(NC(=O)CSc1ccc(S(=O)(=O)N2CCN(C)CC2)cn1)c1cccc2ccccc12. The highest BCUT2D eigenvalue weighted by atomic mass is 32.2. The number of hydrogen-bond donors (Lipinski definition) is 1. The second-order valence-electron chi connectivity index (χ2n) is 8.19. The molecule has 3 aromatic rings. The molecule has 174 valence electrons. The molecule has 1 fully saturated rings. The Morgan fingerprint density at radius 1 is 1.06 bits per heavy atom. The summed E-state index contributed by atoms with van der Waals surface area (Å²) in [6.45, 7) is 4.36. The molecule has 0 saturated carbocycles. The number of aromatic nitrogens is 1. The summed E-state index contributed by atoms with van der Waals surface area (Å²) < 4.78 is 27.1. The normalized spacial score (nSPS) is 16.5. The Kier molecular flexibility index (Phi) is 7.33. The number of carbonyl (C=O) groups excluding carboxylic acids is 1. The zero-order valence-electron chi connectivity index (χ0n) is 18.8. The zero-order chi connectivity index (χ0) is 23.4. The van der Waals surface area contributed by atoms with Crippen molar-refractivity contribution in [1.29, 1.82) is 0 Å². The molecular weight excluding hydrogens is 456 g/mol. The summed E-state index contributed by atoms with van der Waals surface area (Å²) in [7, 11) is -1.56. The Bertz CT molecular complexity index is 1220. The Morgan fingerprint density at radius 2 is 1.79 bits per heavy atom. The number of hydrogen-bond acceptors (Lipinski definition) is 6. The van der Waals surface area contributed by atoms with Gasteiger partial charge >= 0.3 is 0 Å². The standard InChI is InChI=1S/C24H28N4O3S2/c1-18(21-9-5-7-19-6-3-4-8-22(19)21)26-23(29)17-32-24-11-10-20(16-25-24)33(30,31)28-14-12-27(2)13-15-28/h3-11,16,18H,12-15,17H2,1-2H3,(H,26,29). The molecule has 1 atom stereocenters. The first-order chi connectivity index (χ1) is 15.8. The Morgan fingerprint density at radius 3 is 2.52 bits per heavy atom. The lowest BCUT2D eigenvalue weighted by Crippen LogP contribution is -2.47. The van der Waals surface area contributed by atoms with Gasteiger partial charge < -0.3 is 10.2 Å². The minimum absolute atomic E-state index is 0.101. The number of pyridine rings is 1. The van der Waals surface area contributed by atoms with Crippen molar-refractivity contribution in [2.75, 3.05) is 39.0 Å². The van der Waals surface area contributed by atoms with Crippen molar-refractivity contribution in [3.63, 3.8) is 0 Å². The van der Waals surface area contributed by atoms with E-state index < -0.39 is 10.0 Å². The van der Waals surface area contributed by atoms with Crippen LogP contribution in [0.15, 0.2) is 70.7 Å². The molecular formula is C24H28N4O3S2. The number of benzene rings is 2. The fourth-order valence-electron chi connectivity index (χ4n) is 3.91. The summed E-state index contributed by atoms with van der Waals surface area (Å²) in [4.78, 5) is 19.1. The maximum atomic E-state index is 12.8. The van der Waals surface area contributed by atoms with Crippen molar-refractivity contribution < 1.29 is 13.2 Å². The van der Waals surface area contributed by atoms with E-state index in [1.165, 1.54) is 22.3 Å². The van der Waals surface area contributed by atoms with Gasteiger partial charge in [0.25, 0.3) is 0 Å². The predicted molar refractivity (Wildman–Crippen MR) is 132 cm³/mol. The van der Waals surface area contributed by atoms with E-state index in [2.05, 4.69) is 33.4 Å². The monoisotopic (exact) mass is 484 g/mol. The quantitative estimate of drug-likeness (QED) is 0.519. The molecule has 0 aliphatic carbocycles. The molecule has 2 heterocycles. The molecule has 4 rings (SSSR count). The largest absolute Gasteiger partial charge is 0.349 e. The zero-order valence-corrected chi connectivity index (χ0v) is 20.4. The van der Waals surface area contributed by atoms with Gasteiger partial charge in [0.05, 0.1) is 16.8 Å². The van der Waals surface area contributed by atoms with Crippen molar-refractivity contribution in [1.82, 2.24) is 19.5 Å². The second-order valence-corrected chi connectivity index (χ2v) is 11.1. The molecule has 0 bridgehead atoms. The third-order valence-corrected chi connectivity index (χ3v) is 8.65. The first-order valence-corrected chi connectivity index (χ1v) is 13.3.